The first-order valence-electron chi connectivity index (χ1n) is 3.14. The van der Waals surface area contributed by atoms with Crippen molar-refractivity contribution in [2.45, 2.75) is 26.3 Å². The summed E-state index contributed by atoms with van der Waals surface area (Å²) in [5.41, 5.74) is 5.78. The van der Waals surface area contributed by atoms with Gasteiger partial charge in [-0.2, -0.15) is 0 Å². The number of allylic oxidation sites excluding steroid dienone is 1. The number of hydrogen-bond acceptors (Lipinski definition) is 2. The summed E-state index contributed by atoms with van der Waals surface area (Å²) in [5, 5.41) is 0. The van der Waals surface area contributed by atoms with Crippen molar-refractivity contribution in [3.05, 3.63) is 12.3 Å². The van der Waals surface area contributed by atoms with E-state index < -0.39 is 0 Å². The van der Waals surface area contributed by atoms with E-state index in [0.717, 1.165) is 6.42 Å². The summed E-state index contributed by atoms with van der Waals surface area (Å²) in [6, 6.07) is 0.366. The molecule has 0 amide bonds. The van der Waals surface area contributed by atoms with E-state index in [1.54, 1.807) is 6.21 Å². The highest BCUT2D eigenvalue weighted by molar-refractivity contribution is 5.76. The first kappa shape index (κ1) is 8.21. The van der Waals surface area contributed by atoms with Crippen molar-refractivity contribution in [3.63, 3.8) is 0 Å². The van der Waals surface area contributed by atoms with E-state index in [1.807, 2.05) is 6.92 Å². The van der Waals surface area contributed by atoms with Gasteiger partial charge < -0.3 is 5.73 Å². The summed E-state index contributed by atoms with van der Waals surface area (Å²) in [4.78, 5) is 4.09. The molecule has 0 aliphatic rings. The van der Waals surface area contributed by atoms with Crippen LogP contribution in [0.2, 0.25) is 0 Å². The van der Waals surface area contributed by atoms with E-state index in [9.17, 15) is 0 Å². The number of rotatable bonds is 3. The third kappa shape index (κ3) is 5.07. The lowest BCUT2D eigenvalue weighted by Crippen LogP contribution is -2.00. The topological polar surface area (TPSA) is 38.4 Å². The molecule has 2 N–H and O–H groups in total. The van der Waals surface area contributed by atoms with E-state index >= 15 is 0 Å². The van der Waals surface area contributed by atoms with Crippen LogP contribution in [0.1, 0.15) is 20.3 Å². The molecule has 0 aromatic rings. The lowest BCUT2D eigenvalue weighted by atomic mass is 10.3. The van der Waals surface area contributed by atoms with E-state index in [-0.39, 0.29) is 0 Å². The molecule has 0 rings (SSSR count). The third-order valence-corrected chi connectivity index (χ3v) is 1.09. The monoisotopic (exact) mass is 126 g/mol. The minimum atomic E-state index is 0.366. The molecule has 1 unspecified atom stereocenters. The third-order valence-electron chi connectivity index (χ3n) is 1.09. The van der Waals surface area contributed by atoms with E-state index in [2.05, 4.69) is 18.5 Å². The van der Waals surface area contributed by atoms with Crippen LogP contribution in [0.4, 0.5) is 0 Å². The van der Waals surface area contributed by atoms with Crippen LogP contribution >= 0.6 is 0 Å². The second kappa shape index (κ2) is 4.13. The number of nitrogens with two attached hydrogens (primary N) is 1. The van der Waals surface area contributed by atoms with Crippen molar-refractivity contribution in [2.75, 3.05) is 0 Å². The molecule has 0 aliphatic carbocycles. The van der Waals surface area contributed by atoms with Gasteiger partial charge in [0, 0.05) is 18.0 Å². The van der Waals surface area contributed by atoms with E-state index in [4.69, 9.17) is 5.73 Å². The molecule has 1 atom stereocenters. The average molecular weight is 126 g/mol. The van der Waals surface area contributed by atoms with Gasteiger partial charge in [0.25, 0.3) is 0 Å². The fraction of sp³-hybridized carbons (Fsp3) is 0.571. The van der Waals surface area contributed by atoms with Gasteiger partial charge >= 0.3 is 0 Å². The molecular formula is C7H14N2. The highest BCUT2D eigenvalue weighted by Gasteiger charge is 1.89. The van der Waals surface area contributed by atoms with Gasteiger partial charge in [0.1, 0.15) is 0 Å². The number of hydrogen-bond donors (Lipinski definition) is 1. The van der Waals surface area contributed by atoms with Crippen molar-refractivity contribution < 1.29 is 0 Å². The van der Waals surface area contributed by atoms with E-state index in [0.29, 0.717) is 11.7 Å². The zero-order valence-corrected chi connectivity index (χ0v) is 6.09. The Morgan fingerprint density at radius 2 is 2.44 bits per heavy atom. The summed E-state index contributed by atoms with van der Waals surface area (Å²) in [5.74, 6) is 0. The van der Waals surface area contributed by atoms with Crippen molar-refractivity contribution in [1.82, 2.24) is 0 Å². The smallest absolute Gasteiger partial charge is 0.0469 e. The predicted octanol–water partition coefficient (Wildman–Crippen LogP) is 1.33. The van der Waals surface area contributed by atoms with Gasteiger partial charge in [0.15, 0.2) is 0 Å². The highest BCUT2D eigenvalue weighted by Crippen LogP contribution is 1.92. The maximum absolute atomic E-state index is 5.25. The van der Waals surface area contributed by atoms with Crippen molar-refractivity contribution in [3.8, 4) is 0 Å². The molecular weight excluding hydrogens is 112 g/mol. The largest absolute Gasteiger partial charge is 0.398 e. The Bertz CT molecular complexity index is 116. The van der Waals surface area contributed by atoms with Crippen molar-refractivity contribution in [1.29, 1.82) is 0 Å². The molecule has 0 aliphatic heterocycles. The molecule has 0 radical (unpaired) electrons. The fourth-order valence-electron chi connectivity index (χ4n) is 0.328. The van der Waals surface area contributed by atoms with Gasteiger partial charge in [0.2, 0.25) is 0 Å². The second-order valence-electron chi connectivity index (χ2n) is 2.11. The van der Waals surface area contributed by atoms with Crippen LogP contribution in [-0.4, -0.2) is 12.3 Å². The molecule has 0 spiro atoms. The maximum Gasteiger partial charge on any atom is 0.0469 e. The molecule has 2 nitrogen and oxygen atoms in total. The molecule has 2 heteroatoms. The molecule has 0 fully saturated rings. The Labute approximate surface area is 56.5 Å². The summed E-state index contributed by atoms with van der Waals surface area (Å²) < 4.78 is 0. The highest BCUT2D eigenvalue weighted by atomic mass is 14.8. The molecule has 0 aromatic carbocycles. The SMILES string of the molecule is C=C(N)C=NC(C)CC. The van der Waals surface area contributed by atoms with Crippen LogP contribution < -0.4 is 5.73 Å². The average Bonchev–Trinajstić information content (AvgIpc) is 1.83. The minimum Gasteiger partial charge on any atom is -0.398 e. The van der Waals surface area contributed by atoms with Gasteiger partial charge in [0.05, 0.1) is 0 Å². The fourth-order valence-corrected chi connectivity index (χ4v) is 0.328. The number of nitrogens with zero attached hydrogens (tertiary/aromatic N) is 1. The van der Waals surface area contributed by atoms with Gasteiger partial charge in [-0.25, -0.2) is 0 Å². The second-order valence-corrected chi connectivity index (χ2v) is 2.11. The van der Waals surface area contributed by atoms with Crippen LogP contribution in [0, 0.1) is 0 Å². The molecule has 52 valence electrons. The summed E-state index contributed by atoms with van der Waals surface area (Å²) >= 11 is 0. The van der Waals surface area contributed by atoms with Crippen LogP contribution in [0.25, 0.3) is 0 Å². The molecule has 0 heterocycles. The van der Waals surface area contributed by atoms with Crippen LogP contribution in [-0.2, 0) is 0 Å². The van der Waals surface area contributed by atoms with Crippen LogP contribution in [0.5, 0.6) is 0 Å². The van der Waals surface area contributed by atoms with Gasteiger partial charge in [-0.3, -0.25) is 4.99 Å². The maximum atomic E-state index is 5.25. The Morgan fingerprint density at radius 1 is 1.89 bits per heavy atom. The van der Waals surface area contributed by atoms with Gasteiger partial charge in [-0.1, -0.05) is 13.5 Å². The first-order chi connectivity index (χ1) is 4.16. The predicted molar refractivity (Wildman–Crippen MR) is 41.6 cm³/mol. The zero-order valence-electron chi connectivity index (χ0n) is 6.09. The Kier molecular flexibility index (Phi) is 3.76. The molecule has 0 saturated heterocycles. The zero-order chi connectivity index (χ0) is 7.28. The quantitative estimate of drug-likeness (QED) is 0.569. The molecule has 0 saturated carbocycles. The van der Waals surface area contributed by atoms with Crippen molar-refractivity contribution >= 4 is 6.21 Å². The molecule has 9 heavy (non-hydrogen) atoms. The Morgan fingerprint density at radius 3 is 2.78 bits per heavy atom. The molecule has 0 aromatic heterocycles. The van der Waals surface area contributed by atoms with Crippen LogP contribution in [0.3, 0.4) is 0 Å². The lowest BCUT2D eigenvalue weighted by molar-refractivity contribution is 0.720. The van der Waals surface area contributed by atoms with Crippen molar-refractivity contribution in [2.24, 2.45) is 10.7 Å². The molecule has 0 bridgehead atoms. The summed E-state index contributed by atoms with van der Waals surface area (Å²) in [7, 11) is 0. The summed E-state index contributed by atoms with van der Waals surface area (Å²) in [6.45, 7) is 7.62. The summed E-state index contributed by atoms with van der Waals surface area (Å²) in [6.07, 6.45) is 2.65. The Balaban J connectivity index is 3.56. The van der Waals surface area contributed by atoms with E-state index in [1.165, 1.54) is 0 Å². The Hall–Kier alpha value is -0.790. The lowest BCUT2D eigenvalue weighted by Gasteiger charge is -1.98. The minimum absolute atomic E-state index is 0.366. The standard InChI is InChI=1S/C7H14N2/c1-4-7(3)9-5-6(2)8/h5,7H,2,4,8H2,1,3H3. The normalized spacial score (nSPS) is 14.0. The van der Waals surface area contributed by atoms with Gasteiger partial charge in [-0.15, -0.1) is 0 Å². The first-order valence-corrected chi connectivity index (χ1v) is 3.14. The number of aliphatic imine (C=N–C) groups is 1. The van der Waals surface area contributed by atoms with Crippen LogP contribution in [0.15, 0.2) is 17.3 Å². The van der Waals surface area contributed by atoms with Gasteiger partial charge in [-0.05, 0) is 13.3 Å².